The minimum atomic E-state index is -5.03. The van der Waals surface area contributed by atoms with Gasteiger partial charge in [-0.2, -0.15) is 31.3 Å². The minimum Gasteiger partial charge on any atom is -0.333 e. The Morgan fingerprint density at radius 2 is 1.75 bits per heavy atom. The average molecular weight is 406 g/mol. The third kappa shape index (κ3) is 4.42. The predicted octanol–water partition coefficient (Wildman–Crippen LogP) is 4.82. The summed E-state index contributed by atoms with van der Waals surface area (Å²) in [5, 5.41) is 0. The Bertz CT molecular complexity index is 969. The van der Waals surface area contributed by atoms with E-state index in [0.29, 0.717) is 18.7 Å². The molecule has 10 heteroatoms. The van der Waals surface area contributed by atoms with Crippen LogP contribution in [0.25, 0.3) is 0 Å². The van der Waals surface area contributed by atoms with Gasteiger partial charge in [0.25, 0.3) is 5.91 Å². The first kappa shape index (κ1) is 20.1. The second kappa shape index (κ2) is 7.06. The molecule has 28 heavy (non-hydrogen) atoms. The molecule has 0 radical (unpaired) electrons. The number of carbonyl (C=O) groups excluding carboxylic acids is 1. The normalized spacial score (nSPS) is 15.8. The number of benzene rings is 1. The summed E-state index contributed by atoms with van der Waals surface area (Å²) in [5.41, 5.74) is -4.09. The molecule has 1 aliphatic carbocycles. The molecule has 0 N–H and O–H groups in total. The number of hydrogen-bond donors (Lipinski definition) is 0. The van der Waals surface area contributed by atoms with E-state index in [-0.39, 0.29) is 5.92 Å². The van der Waals surface area contributed by atoms with E-state index in [0.717, 1.165) is 37.2 Å². The number of amides is 1. The molecule has 1 aromatic carbocycles. The van der Waals surface area contributed by atoms with E-state index < -0.39 is 46.3 Å². The summed E-state index contributed by atoms with van der Waals surface area (Å²) in [6.45, 7) is 0.301. The van der Waals surface area contributed by atoms with Crippen molar-refractivity contribution in [3.63, 3.8) is 0 Å². The van der Waals surface area contributed by atoms with Crippen molar-refractivity contribution in [2.45, 2.75) is 31.7 Å². The number of carbonyl (C=O) groups is 1. The Morgan fingerprint density at radius 3 is 2.32 bits per heavy atom. The highest BCUT2D eigenvalue weighted by molar-refractivity contribution is 5.95. The van der Waals surface area contributed by atoms with E-state index in [2.05, 4.69) is 4.99 Å². The quantitative estimate of drug-likeness (QED) is 0.674. The number of halogens is 7. The molecule has 0 unspecified atom stereocenters. The van der Waals surface area contributed by atoms with Gasteiger partial charge in [-0.15, -0.1) is 0 Å². The zero-order valence-electron chi connectivity index (χ0n) is 14.1. The van der Waals surface area contributed by atoms with Crippen LogP contribution in [0, 0.1) is 11.7 Å². The number of rotatable bonds is 3. The first-order valence-corrected chi connectivity index (χ1v) is 8.19. The molecule has 0 bridgehead atoms. The summed E-state index contributed by atoms with van der Waals surface area (Å²) < 4.78 is 92.7. The van der Waals surface area contributed by atoms with E-state index in [4.69, 9.17) is 0 Å². The molecule has 1 fully saturated rings. The Morgan fingerprint density at radius 1 is 1.07 bits per heavy atom. The first-order valence-electron chi connectivity index (χ1n) is 8.19. The van der Waals surface area contributed by atoms with Crippen LogP contribution in [0.15, 0.2) is 41.5 Å². The van der Waals surface area contributed by atoms with Gasteiger partial charge < -0.3 is 4.57 Å². The number of aromatic nitrogens is 1. The molecule has 1 aromatic heterocycles. The Hall–Kier alpha value is -2.65. The van der Waals surface area contributed by atoms with Gasteiger partial charge in [0, 0.05) is 12.7 Å². The lowest BCUT2D eigenvalue weighted by atomic mass is 10.1. The van der Waals surface area contributed by atoms with Gasteiger partial charge >= 0.3 is 12.4 Å². The van der Waals surface area contributed by atoms with Gasteiger partial charge in [-0.1, -0.05) is 6.07 Å². The second-order valence-corrected chi connectivity index (χ2v) is 6.45. The van der Waals surface area contributed by atoms with Gasteiger partial charge in [-0.25, -0.2) is 4.39 Å². The van der Waals surface area contributed by atoms with Gasteiger partial charge in [-0.3, -0.25) is 4.79 Å². The van der Waals surface area contributed by atoms with Gasteiger partial charge in [0.1, 0.15) is 11.3 Å². The Balaban J connectivity index is 2.08. The maximum Gasteiger partial charge on any atom is 0.419 e. The van der Waals surface area contributed by atoms with Crippen molar-refractivity contribution in [3.05, 3.63) is 64.5 Å². The summed E-state index contributed by atoms with van der Waals surface area (Å²) in [7, 11) is 0. The zero-order valence-corrected chi connectivity index (χ0v) is 14.1. The smallest absolute Gasteiger partial charge is 0.333 e. The molecule has 3 nitrogen and oxygen atoms in total. The van der Waals surface area contributed by atoms with Gasteiger partial charge in [0.15, 0.2) is 0 Å². The lowest BCUT2D eigenvalue weighted by Crippen LogP contribution is -2.25. The lowest BCUT2D eigenvalue weighted by Gasteiger charge is -2.12. The van der Waals surface area contributed by atoms with Crippen molar-refractivity contribution in [2.75, 3.05) is 0 Å². The van der Waals surface area contributed by atoms with Crippen LogP contribution >= 0.6 is 0 Å². The highest BCUT2D eigenvalue weighted by Gasteiger charge is 2.36. The van der Waals surface area contributed by atoms with E-state index >= 15 is 0 Å². The fourth-order valence-electron chi connectivity index (χ4n) is 2.60. The van der Waals surface area contributed by atoms with E-state index in [9.17, 15) is 35.5 Å². The molecule has 1 aliphatic rings. The molecule has 0 aliphatic heterocycles. The topological polar surface area (TPSA) is 34.4 Å². The molecule has 1 heterocycles. The van der Waals surface area contributed by atoms with Crippen molar-refractivity contribution in [3.8, 4) is 0 Å². The van der Waals surface area contributed by atoms with Crippen LogP contribution in [0.1, 0.15) is 34.3 Å². The summed E-state index contributed by atoms with van der Waals surface area (Å²) in [6.07, 6.45) is -6.89. The van der Waals surface area contributed by atoms with Crippen LogP contribution < -0.4 is 5.49 Å². The second-order valence-electron chi connectivity index (χ2n) is 6.45. The molecule has 1 saturated carbocycles. The van der Waals surface area contributed by atoms with Crippen molar-refractivity contribution < 1.29 is 35.5 Å². The van der Waals surface area contributed by atoms with Crippen molar-refractivity contribution in [1.29, 1.82) is 0 Å². The van der Waals surface area contributed by atoms with Crippen LogP contribution in [0.3, 0.4) is 0 Å². The highest BCUT2D eigenvalue weighted by atomic mass is 19.4. The molecule has 3 rings (SSSR count). The number of nitrogens with zero attached hydrogens (tertiary/aromatic N) is 2. The summed E-state index contributed by atoms with van der Waals surface area (Å²) in [4.78, 5) is 15.7. The Kier molecular flexibility index (Phi) is 5.07. The van der Waals surface area contributed by atoms with E-state index in [1.165, 1.54) is 4.57 Å². The van der Waals surface area contributed by atoms with Crippen LogP contribution in [0.4, 0.5) is 30.7 Å². The van der Waals surface area contributed by atoms with Crippen LogP contribution in [0.5, 0.6) is 0 Å². The number of alkyl halides is 6. The van der Waals surface area contributed by atoms with Gasteiger partial charge in [0.05, 0.1) is 16.7 Å². The fraction of sp³-hybridized carbons (Fsp3) is 0.333. The Labute approximate surface area is 154 Å². The average Bonchev–Trinajstić information content (AvgIpc) is 3.38. The standard InChI is InChI=1S/C18H13F7N2O/c19-15-12(2-1-3-13(15)18(23,24)25)16(28)26-14-8-11(17(20,21)22)6-7-27(14)9-10-4-5-10/h1-3,6-8,10H,4-5,9H2/b26-14+. The molecule has 0 spiro atoms. The molecule has 0 saturated heterocycles. The monoisotopic (exact) mass is 406 g/mol. The predicted molar refractivity (Wildman–Crippen MR) is 83.5 cm³/mol. The summed E-state index contributed by atoms with van der Waals surface area (Å²) in [6, 6.07) is 3.53. The third-order valence-corrected chi connectivity index (χ3v) is 4.24. The third-order valence-electron chi connectivity index (χ3n) is 4.24. The summed E-state index contributed by atoms with van der Waals surface area (Å²) in [5.74, 6) is -2.99. The first-order chi connectivity index (χ1) is 13.0. The molecule has 2 aromatic rings. The molecule has 1 amide bonds. The number of hydrogen-bond acceptors (Lipinski definition) is 1. The van der Waals surface area contributed by atoms with Crippen LogP contribution in [-0.4, -0.2) is 10.5 Å². The maximum atomic E-state index is 14.1. The van der Waals surface area contributed by atoms with Gasteiger partial charge in [-0.05, 0) is 43.0 Å². The number of pyridine rings is 1. The molecule has 0 atom stereocenters. The minimum absolute atomic E-state index is 0.219. The van der Waals surface area contributed by atoms with Gasteiger partial charge in [0.2, 0.25) is 0 Å². The van der Waals surface area contributed by atoms with E-state index in [1.807, 2.05) is 0 Å². The zero-order chi connectivity index (χ0) is 20.7. The van der Waals surface area contributed by atoms with Crippen molar-refractivity contribution in [1.82, 2.24) is 4.57 Å². The lowest BCUT2D eigenvalue weighted by molar-refractivity contribution is -0.140. The van der Waals surface area contributed by atoms with Crippen molar-refractivity contribution in [2.24, 2.45) is 10.9 Å². The highest BCUT2D eigenvalue weighted by Crippen LogP contribution is 2.33. The van der Waals surface area contributed by atoms with E-state index in [1.54, 1.807) is 0 Å². The molecular weight excluding hydrogens is 393 g/mol. The van der Waals surface area contributed by atoms with Crippen LogP contribution in [0.2, 0.25) is 0 Å². The fourth-order valence-corrected chi connectivity index (χ4v) is 2.60. The molecular formula is C18H13F7N2O. The summed E-state index contributed by atoms with van der Waals surface area (Å²) >= 11 is 0. The van der Waals surface area contributed by atoms with Crippen LogP contribution in [-0.2, 0) is 18.9 Å². The molecule has 150 valence electrons. The van der Waals surface area contributed by atoms with Crippen molar-refractivity contribution >= 4 is 5.91 Å². The largest absolute Gasteiger partial charge is 0.419 e. The maximum absolute atomic E-state index is 14.1. The SMILES string of the molecule is O=C(/N=c1\cc(C(F)(F)F)ccn1CC1CC1)c1cccc(C(F)(F)F)c1F.